The van der Waals surface area contributed by atoms with Crippen LogP contribution in [-0.2, 0) is 23.9 Å². The van der Waals surface area contributed by atoms with E-state index in [4.69, 9.17) is 22.0 Å². The Hall–Kier alpha value is -3.23. The summed E-state index contributed by atoms with van der Waals surface area (Å²) in [5.74, 6) is 4.41. The number of nitrogens with one attached hydrogen (secondary N) is 3. The Balaban J connectivity index is 2.46. The molecule has 2 aliphatic carbocycles. The zero-order valence-corrected chi connectivity index (χ0v) is 29.9. The molecule has 2 fully saturated rings. The second-order valence-electron chi connectivity index (χ2n) is 15.2. The number of carbonyl (C=O) groups is 5. The zero-order chi connectivity index (χ0) is 36.3. The van der Waals surface area contributed by atoms with Crippen LogP contribution in [0.1, 0.15) is 125 Å². The highest BCUT2D eigenvalue weighted by Gasteiger charge is 2.45. The molecular weight excluding hydrogens is 618 g/mol. The van der Waals surface area contributed by atoms with E-state index in [1.54, 1.807) is 27.8 Å². The first-order valence-corrected chi connectivity index (χ1v) is 17.3. The SMILES string of the molecule is CNC(CC(CCC(C=O)(CC1CCCCC1)NC(=O)OC(C)(C)C)N(N)/C(=C\N)C(C)(C)O)C(=O)NC1(C(=O)C(N)=O)CCCCC1. The fourth-order valence-corrected chi connectivity index (χ4v) is 7.11. The molecular formula is C34H61N7O7. The van der Waals surface area contributed by atoms with Gasteiger partial charge in [0.2, 0.25) is 11.7 Å². The minimum Gasteiger partial charge on any atom is -0.444 e. The van der Waals surface area contributed by atoms with Gasteiger partial charge in [0.25, 0.3) is 5.91 Å². The highest BCUT2D eigenvalue weighted by Crippen LogP contribution is 2.34. The molecule has 274 valence electrons. The minimum atomic E-state index is -1.46. The summed E-state index contributed by atoms with van der Waals surface area (Å²) in [4.78, 5) is 64.8. The molecule has 2 saturated carbocycles. The molecule has 0 bridgehead atoms. The zero-order valence-electron chi connectivity index (χ0n) is 29.9. The summed E-state index contributed by atoms with van der Waals surface area (Å²) in [7, 11) is 1.59. The monoisotopic (exact) mass is 679 g/mol. The van der Waals surface area contributed by atoms with Crippen molar-refractivity contribution in [2.24, 2.45) is 23.2 Å². The highest BCUT2D eigenvalue weighted by atomic mass is 16.6. The summed E-state index contributed by atoms with van der Waals surface area (Å²) in [6, 6.07) is -1.61. The predicted octanol–water partition coefficient (Wildman–Crippen LogP) is 2.17. The van der Waals surface area contributed by atoms with Crippen LogP contribution < -0.4 is 33.3 Å². The molecule has 0 aromatic rings. The maximum Gasteiger partial charge on any atom is 0.408 e. The Morgan fingerprint density at radius 1 is 1.02 bits per heavy atom. The molecule has 0 saturated heterocycles. The van der Waals surface area contributed by atoms with Gasteiger partial charge in [0.1, 0.15) is 23.0 Å². The largest absolute Gasteiger partial charge is 0.444 e. The summed E-state index contributed by atoms with van der Waals surface area (Å²) >= 11 is 0. The summed E-state index contributed by atoms with van der Waals surface area (Å²) in [6.07, 6.45) is 9.89. The molecule has 0 aliphatic heterocycles. The van der Waals surface area contributed by atoms with Crippen LogP contribution in [0.25, 0.3) is 0 Å². The number of ether oxygens (including phenoxy) is 1. The molecule has 3 amide bonds. The standard InChI is InChI=1S/C34H61N7O7/c1-31(2,3)48-30(46)40-33(22-42,20-23-13-9-7-10-14-23)18-15-24(41(37)26(21-35)32(4,5)47)19-25(38-6)29(45)39-34(27(43)28(36)44)16-11-8-12-17-34/h21-25,38,47H,7-20,35,37H2,1-6H3,(H2,36,44)(H,39,45)(H,40,46)/b26-21-. The number of hydrazine groups is 1. The second-order valence-corrected chi connectivity index (χ2v) is 15.2. The number of amides is 3. The Labute approximate surface area is 285 Å². The van der Waals surface area contributed by atoms with Gasteiger partial charge in [-0.25, -0.2) is 10.6 Å². The van der Waals surface area contributed by atoms with Gasteiger partial charge in [-0.05, 0) is 86.1 Å². The average Bonchev–Trinajstić information content (AvgIpc) is 3.00. The lowest BCUT2D eigenvalue weighted by Crippen LogP contribution is -2.62. The van der Waals surface area contributed by atoms with Gasteiger partial charge in [-0.1, -0.05) is 51.4 Å². The Morgan fingerprint density at radius 2 is 1.60 bits per heavy atom. The van der Waals surface area contributed by atoms with Crippen LogP contribution >= 0.6 is 0 Å². The van der Waals surface area contributed by atoms with Gasteiger partial charge in [0.05, 0.1) is 17.3 Å². The molecule has 48 heavy (non-hydrogen) atoms. The van der Waals surface area contributed by atoms with E-state index in [0.717, 1.165) is 44.8 Å². The summed E-state index contributed by atoms with van der Waals surface area (Å²) < 4.78 is 5.54. The first kappa shape index (κ1) is 40.9. The van der Waals surface area contributed by atoms with E-state index in [9.17, 15) is 29.1 Å². The van der Waals surface area contributed by atoms with Crippen LogP contribution in [0.15, 0.2) is 11.9 Å². The van der Waals surface area contributed by atoms with E-state index < -0.39 is 58.1 Å². The van der Waals surface area contributed by atoms with Crippen molar-refractivity contribution in [1.82, 2.24) is 21.0 Å². The number of nitrogens with zero attached hydrogens (tertiary/aromatic N) is 1. The third-order valence-electron chi connectivity index (χ3n) is 9.63. The first-order chi connectivity index (χ1) is 22.3. The van der Waals surface area contributed by atoms with Crippen molar-refractivity contribution in [3.05, 3.63) is 11.9 Å². The molecule has 3 atom stereocenters. The number of alkyl carbamates (subject to hydrolysis) is 1. The van der Waals surface area contributed by atoms with Gasteiger partial charge in [0.15, 0.2) is 0 Å². The number of aldehydes is 1. The van der Waals surface area contributed by atoms with Crippen molar-refractivity contribution in [1.29, 1.82) is 0 Å². The number of carbonyl (C=O) groups excluding carboxylic acids is 5. The molecule has 2 aliphatic rings. The molecule has 14 heteroatoms. The number of likely N-dealkylation sites (N-methyl/N-ethyl adjacent to an activating group) is 1. The van der Waals surface area contributed by atoms with Crippen molar-refractivity contribution in [2.45, 2.75) is 159 Å². The van der Waals surface area contributed by atoms with E-state index >= 15 is 0 Å². The average molecular weight is 680 g/mol. The quantitative estimate of drug-likeness (QED) is 0.0509. The number of hydrogen-bond acceptors (Lipinski definition) is 11. The number of hydrogen-bond donors (Lipinski definition) is 7. The number of nitrogens with two attached hydrogens (primary N) is 3. The number of primary amides is 1. The van der Waals surface area contributed by atoms with Gasteiger partial charge < -0.3 is 47.1 Å². The molecule has 0 aromatic carbocycles. The van der Waals surface area contributed by atoms with E-state index in [1.165, 1.54) is 25.1 Å². The number of aliphatic hydroxyl groups is 1. The highest BCUT2D eigenvalue weighted by molar-refractivity contribution is 6.39. The maximum absolute atomic E-state index is 13.8. The first-order valence-electron chi connectivity index (χ1n) is 17.3. The van der Waals surface area contributed by atoms with Crippen LogP contribution in [0.5, 0.6) is 0 Å². The van der Waals surface area contributed by atoms with Crippen LogP contribution in [0.3, 0.4) is 0 Å². The van der Waals surface area contributed by atoms with Crippen LogP contribution in [0, 0.1) is 5.92 Å². The second kappa shape index (κ2) is 17.4. The third-order valence-corrected chi connectivity index (χ3v) is 9.63. The molecule has 0 aromatic heterocycles. The van der Waals surface area contributed by atoms with Crippen LogP contribution in [-0.4, -0.2) is 81.5 Å². The van der Waals surface area contributed by atoms with Gasteiger partial charge in [-0.15, -0.1) is 0 Å². The number of ketones is 1. The molecule has 0 heterocycles. The molecule has 3 unspecified atom stereocenters. The minimum absolute atomic E-state index is 0.0535. The predicted molar refractivity (Wildman–Crippen MR) is 183 cm³/mol. The van der Waals surface area contributed by atoms with E-state index in [1.807, 2.05) is 0 Å². The Kier molecular flexibility index (Phi) is 14.9. The van der Waals surface area contributed by atoms with Gasteiger partial charge in [0, 0.05) is 12.2 Å². The fraction of sp³-hybridized carbons (Fsp3) is 0.794. The summed E-state index contributed by atoms with van der Waals surface area (Å²) in [6.45, 7) is 8.28. The van der Waals surface area contributed by atoms with E-state index in [2.05, 4.69) is 16.0 Å². The van der Waals surface area contributed by atoms with E-state index in [-0.39, 0.29) is 30.9 Å². The Bertz CT molecular complexity index is 1150. The van der Waals surface area contributed by atoms with Crippen molar-refractivity contribution in [3.63, 3.8) is 0 Å². The van der Waals surface area contributed by atoms with Crippen LogP contribution in [0.4, 0.5) is 4.79 Å². The fourth-order valence-electron chi connectivity index (χ4n) is 7.11. The molecule has 0 radical (unpaired) electrons. The van der Waals surface area contributed by atoms with Crippen molar-refractivity contribution in [3.8, 4) is 0 Å². The van der Waals surface area contributed by atoms with Crippen molar-refractivity contribution < 1.29 is 33.8 Å². The molecule has 2 rings (SSSR count). The van der Waals surface area contributed by atoms with Crippen molar-refractivity contribution >= 4 is 30.0 Å². The summed E-state index contributed by atoms with van der Waals surface area (Å²) in [5, 5.41) is 20.9. The molecule has 0 spiro atoms. The molecule has 14 nitrogen and oxygen atoms in total. The lowest BCUT2D eigenvalue weighted by atomic mass is 9.77. The van der Waals surface area contributed by atoms with Gasteiger partial charge in [-0.2, -0.15) is 0 Å². The Morgan fingerprint density at radius 3 is 2.08 bits per heavy atom. The van der Waals surface area contributed by atoms with Crippen LogP contribution in [0.2, 0.25) is 0 Å². The van der Waals surface area contributed by atoms with E-state index in [0.29, 0.717) is 32.1 Å². The summed E-state index contributed by atoms with van der Waals surface area (Å²) in [5.41, 5.74) is 6.57. The lowest BCUT2D eigenvalue weighted by molar-refractivity contribution is -0.143. The van der Waals surface area contributed by atoms with Gasteiger partial charge in [-0.3, -0.25) is 14.4 Å². The van der Waals surface area contributed by atoms with Crippen molar-refractivity contribution in [2.75, 3.05) is 7.05 Å². The topological polar surface area (TPSA) is 232 Å². The normalized spacial score (nSPS) is 20.0. The smallest absolute Gasteiger partial charge is 0.408 e. The third kappa shape index (κ3) is 11.7. The molecule has 10 N–H and O–H groups in total. The van der Waals surface area contributed by atoms with Gasteiger partial charge >= 0.3 is 6.09 Å². The maximum atomic E-state index is 13.8. The number of rotatable bonds is 17. The number of Topliss-reactive ketones (excluding diaryl/α,β-unsaturated/α-hetero) is 1. The lowest BCUT2D eigenvalue weighted by Gasteiger charge is -2.41.